The average molecular weight is 205 g/mol. The molecule has 1 amide bonds. The van der Waals surface area contributed by atoms with Crippen LogP contribution in [0.4, 0.5) is 0 Å². The fourth-order valence-electron chi connectivity index (χ4n) is 1.95. The molecule has 0 fully saturated rings. The fourth-order valence-corrected chi connectivity index (χ4v) is 1.95. The third-order valence-electron chi connectivity index (χ3n) is 2.76. The van der Waals surface area contributed by atoms with Gasteiger partial charge in [-0.2, -0.15) is 0 Å². The van der Waals surface area contributed by atoms with Gasteiger partial charge in [0.15, 0.2) is 0 Å². The second-order valence-corrected chi connectivity index (χ2v) is 4.64. The van der Waals surface area contributed by atoms with Crippen molar-refractivity contribution in [2.24, 2.45) is 0 Å². The number of hydrogen-bond donors (Lipinski definition) is 0. The van der Waals surface area contributed by atoms with Crippen molar-refractivity contribution in [3.05, 3.63) is 35.4 Å². The lowest BCUT2D eigenvalue weighted by Gasteiger charge is -2.28. The van der Waals surface area contributed by atoms with Gasteiger partial charge in [-0.05, 0) is 31.9 Å². The molecule has 82 valence electrons. The Morgan fingerprint density at radius 2 is 1.73 bits per heavy atom. The van der Waals surface area contributed by atoms with Gasteiger partial charge in [0.2, 0.25) is 5.91 Å². The van der Waals surface area contributed by atoms with Crippen LogP contribution in [0.2, 0.25) is 0 Å². The molecule has 0 unspecified atom stereocenters. The van der Waals surface area contributed by atoms with E-state index in [-0.39, 0.29) is 5.91 Å². The molecular weight excluding hydrogens is 186 g/mol. The lowest BCUT2D eigenvalue weighted by molar-refractivity contribution is -0.133. The molecule has 0 atom stereocenters. The summed E-state index contributed by atoms with van der Waals surface area (Å²) in [5.41, 5.74) is 1.82. The molecule has 2 heteroatoms. The third kappa shape index (κ3) is 2.20. The molecular formula is C13H19NO. The Morgan fingerprint density at radius 1 is 1.20 bits per heavy atom. The van der Waals surface area contributed by atoms with Gasteiger partial charge in [-0.1, -0.05) is 24.3 Å². The lowest BCUT2D eigenvalue weighted by Crippen LogP contribution is -2.39. The molecule has 1 rings (SSSR count). The van der Waals surface area contributed by atoms with E-state index in [0.717, 1.165) is 11.1 Å². The Bertz CT molecular complexity index is 367. The van der Waals surface area contributed by atoms with Gasteiger partial charge in [0, 0.05) is 14.1 Å². The minimum Gasteiger partial charge on any atom is -0.348 e. The number of likely N-dealkylation sites (N-methyl/N-ethyl adjacent to an activating group) is 1. The van der Waals surface area contributed by atoms with E-state index in [1.807, 2.05) is 45.0 Å². The van der Waals surface area contributed by atoms with Crippen LogP contribution in [0.25, 0.3) is 0 Å². The molecule has 0 heterocycles. The van der Waals surface area contributed by atoms with Gasteiger partial charge in [-0.3, -0.25) is 4.79 Å². The molecule has 0 radical (unpaired) electrons. The van der Waals surface area contributed by atoms with Gasteiger partial charge in [0.1, 0.15) is 0 Å². The van der Waals surface area contributed by atoms with Crippen LogP contribution in [-0.4, -0.2) is 24.9 Å². The number of amides is 1. The van der Waals surface area contributed by atoms with Gasteiger partial charge in [0.05, 0.1) is 5.41 Å². The van der Waals surface area contributed by atoms with Crippen molar-refractivity contribution >= 4 is 5.91 Å². The van der Waals surface area contributed by atoms with Crippen LogP contribution in [0.5, 0.6) is 0 Å². The quantitative estimate of drug-likeness (QED) is 0.726. The monoisotopic (exact) mass is 205 g/mol. The van der Waals surface area contributed by atoms with Crippen molar-refractivity contribution in [1.82, 2.24) is 4.90 Å². The number of carbonyl (C=O) groups is 1. The molecule has 0 saturated carbocycles. The van der Waals surface area contributed by atoms with Gasteiger partial charge >= 0.3 is 0 Å². The van der Waals surface area contributed by atoms with E-state index in [1.54, 1.807) is 19.0 Å². The number of carbonyl (C=O) groups excluding carboxylic acids is 1. The molecule has 1 aromatic carbocycles. The van der Waals surface area contributed by atoms with Gasteiger partial charge in [0.25, 0.3) is 0 Å². The van der Waals surface area contributed by atoms with E-state index in [0.29, 0.717) is 0 Å². The Labute approximate surface area is 91.9 Å². The van der Waals surface area contributed by atoms with Crippen molar-refractivity contribution in [1.29, 1.82) is 0 Å². The van der Waals surface area contributed by atoms with E-state index in [4.69, 9.17) is 0 Å². The first-order chi connectivity index (χ1) is 6.87. The predicted octanol–water partition coefficient (Wildman–Crippen LogP) is 2.36. The molecule has 1 aromatic rings. The van der Waals surface area contributed by atoms with Crippen molar-refractivity contribution in [3.63, 3.8) is 0 Å². The van der Waals surface area contributed by atoms with Crippen LogP contribution in [0.1, 0.15) is 25.0 Å². The van der Waals surface area contributed by atoms with Crippen LogP contribution in [-0.2, 0) is 10.2 Å². The molecule has 0 N–H and O–H groups in total. The average Bonchev–Trinajstić information content (AvgIpc) is 2.16. The third-order valence-corrected chi connectivity index (χ3v) is 2.76. The highest BCUT2D eigenvalue weighted by Crippen LogP contribution is 2.27. The summed E-state index contributed by atoms with van der Waals surface area (Å²) in [5, 5.41) is 0. The smallest absolute Gasteiger partial charge is 0.232 e. The number of benzene rings is 1. The molecule has 0 spiro atoms. The number of rotatable bonds is 2. The molecule has 2 nitrogen and oxygen atoms in total. The van der Waals surface area contributed by atoms with Gasteiger partial charge in [-0.25, -0.2) is 0 Å². The fraction of sp³-hybridized carbons (Fsp3) is 0.462. The first-order valence-electron chi connectivity index (χ1n) is 5.15. The van der Waals surface area contributed by atoms with E-state index >= 15 is 0 Å². The van der Waals surface area contributed by atoms with E-state index in [1.165, 1.54) is 0 Å². The molecule has 0 aliphatic carbocycles. The number of hydrogen-bond acceptors (Lipinski definition) is 1. The van der Waals surface area contributed by atoms with Crippen LogP contribution >= 0.6 is 0 Å². The summed E-state index contributed by atoms with van der Waals surface area (Å²) in [4.78, 5) is 13.7. The van der Waals surface area contributed by atoms with Gasteiger partial charge < -0.3 is 4.90 Å². The minimum atomic E-state index is -0.450. The predicted molar refractivity (Wildman–Crippen MR) is 62.9 cm³/mol. The summed E-state index contributed by atoms with van der Waals surface area (Å²) in [7, 11) is 3.59. The Hall–Kier alpha value is -1.31. The van der Waals surface area contributed by atoms with Gasteiger partial charge in [-0.15, -0.1) is 0 Å². The number of aryl methyl sites for hydroxylation is 1. The molecule has 0 aromatic heterocycles. The highest BCUT2D eigenvalue weighted by Gasteiger charge is 2.31. The molecule has 0 saturated heterocycles. The first kappa shape index (κ1) is 11.8. The zero-order valence-electron chi connectivity index (χ0n) is 10.2. The Kier molecular flexibility index (Phi) is 3.18. The maximum atomic E-state index is 12.0. The molecule has 0 aliphatic rings. The van der Waals surface area contributed by atoms with Crippen molar-refractivity contribution in [2.75, 3.05) is 14.1 Å². The van der Waals surface area contributed by atoms with Crippen molar-refractivity contribution in [2.45, 2.75) is 26.2 Å². The topological polar surface area (TPSA) is 20.3 Å². The standard InChI is InChI=1S/C13H19NO/c1-10-8-6-7-9-11(10)13(2,3)12(15)14(4)5/h6-9H,1-5H3. The second-order valence-electron chi connectivity index (χ2n) is 4.64. The summed E-state index contributed by atoms with van der Waals surface area (Å²) in [6.45, 7) is 5.98. The maximum absolute atomic E-state index is 12.0. The minimum absolute atomic E-state index is 0.136. The SMILES string of the molecule is Cc1ccccc1C(C)(C)C(=O)N(C)C. The second kappa shape index (κ2) is 4.05. The van der Waals surface area contributed by atoms with Crippen molar-refractivity contribution in [3.8, 4) is 0 Å². The van der Waals surface area contributed by atoms with Crippen LogP contribution in [0.15, 0.2) is 24.3 Å². The zero-order valence-corrected chi connectivity index (χ0v) is 10.2. The van der Waals surface area contributed by atoms with E-state index in [9.17, 15) is 4.79 Å². The largest absolute Gasteiger partial charge is 0.348 e. The summed E-state index contributed by atoms with van der Waals surface area (Å²) in [5.74, 6) is 0.136. The number of nitrogens with zero attached hydrogens (tertiary/aromatic N) is 1. The molecule has 15 heavy (non-hydrogen) atoms. The van der Waals surface area contributed by atoms with Crippen LogP contribution in [0.3, 0.4) is 0 Å². The highest BCUT2D eigenvalue weighted by atomic mass is 16.2. The lowest BCUT2D eigenvalue weighted by atomic mass is 9.81. The van der Waals surface area contributed by atoms with E-state index in [2.05, 4.69) is 0 Å². The Morgan fingerprint density at radius 3 is 2.20 bits per heavy atom. The van der Waals surface area contributed by atoms with Crippen molar-refractivity contribution < 1.29 is 4.79 Å². The molecule has 0 aliphatic heterocycles. The normalized spacial score (nSPS) is 11.3. The van der Waals surface area contributed by atoms with E-state index < -0.39 is 5.41 Å². The maximum Gasteiger partial charge on any atom is 0.232 e. The first-order valence-corrected chi connectivity index (χ1v) is 5.15. The zero-order chi connectivity index (χ0) is 11.6. The van der Waals surface area contributed by atoms with Crippen LogP contribution in [0, 0.1) is 6.92 Å². The summed E-state index contributed by atoms with van der Waals surface area (Å²) >= 11 is 0. The Balaban J connectivity index is 3.17. The van der Waals surface area contributed by atoms with Crippen LogP contribution < -0.4 is 0 Å². The highest BCUT2D eigenvalue weighted by molar-refractivity contribution is 5.87. The summed E-state index contributed by atoms with van der Waals surface area (Å²) in [6, 6.07) is 8.04. The molecule has 0 bridgehead atoms. The summed E-state index contributed by atoms with van der Waals surface area (Å²) in [6.07, 6.45) is 0. The summed E-state index contributed by atoms with van der Waals surface area (Å²) < 4.78 is 0.